The third-order valence-corrected chi connectivity index (χ3v) is 5.42. The lowest BCUT2D eigenvalue weighted by atomic mass is 9.94. The zero-order valence-electron chi connectivity index (χ0n) is 15.8. The first-order valence-corrected chi connectivity index (χ1v) is 10.0. The van der Waals surface area contributed by atoms with Crippen LogP contribution in [0.3, 0.4) is 0 Å². The molecule has 1 aromatic heterocycles. The second-order valence-electron chi connectivity index (χ2n) is 7.06. The van der Waals surface area contributed by atoms with Gasteiger partial charge in [-0.3, -0.25) is 0 Å². The number of carboxylic acids is 2. The summed E-state index contributed by atoms with van der Waals surface area (Å²) < 4.78 is 0. The van der Waals surface area contributed by atoms with Crippen molar-refractivity contribution in [3.63, 3.8) is 0 Å². The van der Waals surface area contributed by atoms with Crippen LogP contribution in [0.25, 0.3) is 0 Å². The highest BCUT2D eigenvalue weighted by molar-refractivity contribution is 7.80. The van der Waals surface area contributed by atoms with Crippen molar-refractivity contribution in [1.29, 1.82) is 0 Å². The van der Waals surface area contributed by atoms with Crippen LogP contribution in [0, 0.1) is 0 Å². The van der Waals surface area contributed by atoms with E-state index in [1.807, 2.05) is 6.20 Å². The van der Waals surface area contributed by atoms with E-state index in [1.54, 1.807) is 6.33 Å². The summed E-state index contributed by atoms with van der Waals surface area (Å²) in [7, 11) is 0. The van der Waals surface area contributed by atoms with Crippen LogP contribution < -0.4 is 5.32 Å². The maximum absolute atomic E-state index is 9.55. The molecule has 8 nitrogen and oxygen atoms in total. The summed E-state index contributed by atoms with van der Waals surface area (Å²) in [5.74, 6) is -1.90. The van der Waals surface area contributed by atoms with E-state index in [9.17, 15) is 9.59 Å². The van der Waals surface area contributed by atoms with Gasteiger partial charge in [0.05, 0.1) is 6.33 Å². The molecule has 1 aliphatic heterocycles. The highest BCUT2D eigenvalue weighted by Gasteiger charge is 2.24. The number of H-pyrrole nitrogens is 1. The Balaban J connectivity index is 0.000000300. The first-order chi connectivity index (χ1) is 13.5. The lowest BCUT2D eigenvalue weighted by molar-refractivity contribution is -0.134. The first-order valence-electron chi connectivity index (χ1n) is 9.63. The summed E-state index contributed by atoms with van der Waals surface area (Å²) in [6, 6.07) is 0.613. The number of hydrogen-bond donors (Lipinski definition) is 4. The molecule has 0 bridgehead atoms. The average Bonchev–Trinajstić information content (AvgIpc) is 3.23. The summed E-state index contributed by atoms with van der Waals surface area (Å²) >= 11 is 5.59. The molecule has 28 heavy (non-hydrogen) atoms. The molecule has 154 valence electrons. The van der Waals surface area contributed by atoms with Crippen molar-refractivity contribution in [2.45, 2.75) is 56.9 Å². The summed E-state index contributed by atoms with van der Waals surface area (Å²) in [6.07, 6.45) is 13.8. The third kappa shape index (κ3) is 7.67. The molecule has 4 N–H and O–H groups in total. The molecule has 2 heterocycles. The number of aromatic nitrogens is 2. The maximum Gasteiger partial charge on any atom is 0.328 e. The van der Waals surface area contributed by atoms with Gasteiger partial charge in [-0.1, -0.05) is 19.3 Å². The monoisotopic (exact) mass is 408 g/mol. The van der Waals surface area contributed by atoms with Gasteiger partial charge in [0.2, 0.25) is 0 Å². The number of carboxylic acid groups (broad SMARTS) is 2. The summed E-state index contributed by atoms with van der Waals surface area (Å²) in [4.78, 5) is 28.8. The molecule has 2 aliphatic rings. The number of imidazole rings is 1. The molecular formula is C19H28N4O4S. The second-order valence-corrected chi connectivity index (χ2v) is 7.45. The summed E-state index contributed by atoms with van der Waals surface area (Å²) in [6.45, 7) is 2.12. The van der Waals surface area contributed by atoms with Crippen LogP contribution in [0.5, 0.6) is 0 Å². The predicted molar refractivity (Wildman–Crippen MR) is 109 cm³/mol. The number of hydrogen-bond acceptors (Lipinski definition) is 4. The molecule has 0 radical (unpaired) electrons. The van der Waals surface area contributed by atoms with Gasteiger partial charge in [0.15, 0.2) is 5.11 Å². The molecule has 0 unspecified atom stereocenters. The van der Waals surface area contributed by atoms with E-state index in [-0.39, 0.29) is 0 Å². The van der Waals surface area contributed by atoms with Gasteiger partial charge in [0, 0.05) is 49.1 Å². The van der Waals surface area contributed by atoms with Gasteiger partial charge in [-0.25, -0.2) is 14.6 Å². The zero-order chi connectivity index (χ0) is 20.4. The molecule has 3 rings (SSSR count). The Morgan fingerprint density at radius 3 is 2.21 bits per heavy atom. The number of carbonyl (C=O) groups is 2. The predicted octanol–water partition coefficient (Wildman–Crippen LogP) is 2.51. The molecule has 1 aromatic rings. The Kier molecular flexibility index (Phi) is 8.93. The molecule has 0 amide bonds. The lowest BCUT2D eigenvalue weighted by Crippen LogP contribution is -2.47. The van der Waals surface area contributed by atoms with Gasteiger partial charge >= 0.3 is 11.9 Å². The van der Waals surface area contributed by atoms with Crippen molar-refractivity contribution in [3.8, 4) is 0 Å². The molecule has 9 heteroatoms. The fourth-order valence-corrected chi connectivity index (χ4v) is 3.89. The Morgan fingerprint density at radius 2 is 1.71 bits per heavy atom. The van der Waals surface area contributed by atoms with Gasteiger partial charge in [-0.2, -0.15) is 0 Å². The van der Waals surface area contributed by atoms with Gasteiger partial charge in [-0.15, -0.1) is 0 Å². The highest BCUT2D eigenvalue weighted by Crippen LogP contribution is 2.26. The summed E-state index contributed by atoms with van der Waals surface area (Å²) in [5, 5.41) is 20.2. The van der Waals surface area contributed by atoms with Crippen molar-refractivity contribution in [1.82, 2.24) is 20.2 Å². The van der Waals surface area contributed by atoms with Crippen LogP contribution in [0.1, 0.15) is 56.6 Å². The number of nitrogens with zero attached hydrogens (tertiary/aromatic N) is 2. The number of likely N-dealkylation sites (tertiary alicyclic amines) is 1. The number of nitrogens with one attached hydrogen (secondary N) is 2. The van der Waals surface area contributed by atoms with E-state index in [1.165, 1.54) is 37.8 Å². The fraction of sp³-hybridized carbons (Fsp3) is 0.579. The molecule has 0 spiro atoms. The smallest absolute Gasteiger partial charge is 0.328 e. The quantitative estimate of drug-likeness (QED) is 0.443. The third-order valence-electron chi connectivity index (χ3n) is 5.04. The SMILES string of the molecule is O=C(O)C=CC(=O)O.S=C(NC1CCCCC1)N1CCC(c2cnc[nH]2)CC1. The zero-order valence-corrected chi connectivity index (χ0v) is 16.7. The van der Waals surface area contributed by atoms with E-state index in [0.29, 0.717) is 24.1 Å². The molecule has 0 aromatic carbocycles. The minimum atomic E-state index is -1.26. The van der Waals surface area contributed by atoms with Crippen molar-refractivity contribution in [2.24, 2.45) is 0 Å². The van der Waals surface area contributed by atoms with Crippen molar-refractivity contribution < 1.29 is 19.8 Å². The van der Waals surface area contributed by atoms with Crippen molar-refractivity contribution >= 4 is 29.3 Å². The van der Waals surface area contributed by atoms with Crippen LogP contribution in [0.2, 0.25) is 0 Å². The van der Waals surface area contributed by atoms with Crippen LogP contribution in [-0.2, 0) is 9.59 Å². The second kappa shape index (κ2) is 11.4. The minimum Gasteiger partial charge on any atom is -0.478 e. The molecule has 1 saturated carbocycles. The van der Waals surface area contributed by atoms with E-state index in [2.05, 4.69) is 20.2 Å². The first kappa shape index (κ1) is 21.9. The Morgan fingerprint density at radius 1 is 1.11 bits per heavy atom. The van der Waals surface area contributed by atoms with Gasteiger partial charge in [0.1, 0.15) is 0 Å². The van der Waals surface area contributed by atoms with Gasteiger partial charge in [0.25, 0.3) is 0 Å². The number of rotatable bonds is 4. The normalized spacial score (nSPS) is 18.4. The van der Waals surface area contributed by atoms with Gasteiger partial charge in [-0.05, 0) is 37.9 Å². The highest BCUT2D eigenvalue weighted by atomic mass is 32.1. The Hall–Kier alpha value is -2.42. The minimum absolute atomic E-state index is 0.558. The van der Waals surface area contributed by atoms with Crippen LogP contribution in [0.4, 0.5) is 0 Å². The van der Waals surface area contributed by atoms with E-state index < -0.39 is 11.9 Å². The fourth-order valence-electron chi connectivity index (χ4n) is 3.54. The van der Waals surface area contributed by atoms with Crippen LogP contribution in [0.15, 0.2) is 24.7 Å². The van der Waals surface area contributed by atoms with E-state index >= 15 is 0 Å². The standard InChI is InChI=1S/C15H24N4S.C4H4O4/c20-15(18-13-4-2-1-3-5-13)19-8-6-12(7-9-19)14-10-16-11-17-14;5-3(6)1-2-4(7)8/h10-13H,1-9H2,(H,16,17)(H,18,20);1-2H,(H,5,6)(H,7,8). The Labute approximate surface area is 170 Å². The molecule has 1 saturated heterocycles. The average molecular weight is 409 g/mol. The number of piperidine rings is 1. The van der Waals surface area contributed by atoms with Crippen LogP contribution >= 0.6 is 12.2 Å². The van der Waals surface area contributed by atoms with Crippen molar-refractivity contribution in [3.05, 3.63) is 30.4 Å². The van der Waals surface area contributed by atoms with E-state index in [0.717, 1.165) is 31.0 Å². The topological polar surface area (TPSA) is 119 Å². The molecule has 2 fully saturated rings. The lowest BCUT2D eigenvalue weighted by Gasteiger charge is -2.35. The molecule has 1 aliphatic carbocycles. The van der Waals surface area contributed by atoms with Gasteiger partial charge < -0.3 is 25.4 Å². The maximum atomic E-state index is 9.55. The van der Waals surface area contributed by atoms with Crippen LogP contribution in [-0.4, -0.2) is 61.3 Å². The number of thiocarbonyl (C=S) groups is 1. The molecule has 0 atom stereocenters. The number of aromatic amines is 1. The summed E-state index contributed by atoms with van der Waals surface area (Å²) in [5.41, 5.74) is 1.27. The molecular weight excluding hydrogens is 380 g/mol. The largest absolute Gasteiger partial charge is 0.478 e. The number of aliphatic carboxylic acids is 2. The van der Waals surface area contributed by atoms with Crippen molar-refractivity contribution in [2.75, 3.05) is 13.1 Å². The Bertz CT molecular complexity index is 647. The van der Waals surface area contributed by atoms with E-state index in [4.69, 9.17) is 22.4 Å².